The second-order valence-corrected chi connectivity index (χ2v) is 10.0. The Morgan fingerprint density at radius 2 is 1.29 bits per heavy atom. The van der Waals surface area contributed by atoms with E-state index in [1.807, 2.05) is 65.8 Å². The van der Waals surface area contributed by atoms with Crippen molar-refractivity contribution in [3.05, 3.63) is 54.1 Å². The summed E-state index contributed by atoms with van der Waals surface area (Å²) < 4.78 is 41.5. The number of hydrogen-bond acceptors (Lipinski definition) is 5. The van der Waals surface area contributed by atoms with Crippen LogP contribution in [-0.2, 0) is 14.3 Å². The van der Waals surface area contributed by atoms with Gasteiger partial charge in [-0.25, -0.2) is 0 Å². The van der Waals surface area contributed by atoms with E-state index in [-0.39, 0.29) is 17.1 Å². The quantitative estimate of drug-likeness (QED) is 0.569. The predicted octanol–water partition coefficient (Wildman–Crippen LogP) is 5.13. The molecule has 0 saturated heterocycles. The average molecular weight is 407 g/mol. The molecular weight excluding hydrogens is 376 g/mol. The molecule has 0 heterocycles. The van der Waals surface area contributed by atoms with Crippen molar-refractivity contribution in [2.24, 2.45) is 0 Å². The van der Waals surface area contributed by atoms with Gasteiger partial charge < -0.3 is 9.47 Å². The number of ether oxygens (including phenoxy) is 2. The lowest BCUT2D eigenvalue weighted by Crippen LogP contribution is -2.30. The van der Waals surface area contributed by atoms with Gasteiger partial charge >= 0.3 is 0 Å². The van der Waals surface area contributed by atoms with Crippen LogP contribution >= 0.6 is 0 Å². The minimum Gasteiger partial charge on any atom is -0.488 e. The molecule has 0 amide bonds. The summed E-state index contributed by atoms with van der Waals surface area (Å²) in [6, 6.07) is 14.0. The van der Waals surface area contributed by atoms with E-state index in [0.29, 0.717) is 12.2 Å². The standard InChI is InChI=1S/C22H30O5S/c1-17-7-13-20(14-8-17)28(23,24)25-16-15-22(5,6)27-19-11-9-18(10-12-19)26-21(2,3)4/h7-14H,15-16H2,1-6H3. The molecule has 0 atom stereocenters. The zero-order chi connectivity index (χ0) is 21.0. The molecule has 0 radical (unpaired) electrons. The molecule has 0 fully saturated rings. The maximum atomic E-state index is 12.3. The molecule has 0 unspecified atom stereocenters. The fourth-order valence-electron chi connectivity index (χ4n) is 2.47. The monoisotopic (exact) mass is 406 g/mol. The molecule has 2 aromatic carbocycles. The first-order valence-corrected chi connectivity index (χ1v) is 10.7. The second kappa shape index (κ2) is 8.53. The largest absolute Gasteiger partial charge is 0.488 e. The Bertz CT molecular complexity index is 861. The summed E-state index contributed by atoms with van der Waals surface area (Å²) in [5, 5.41) is 0. The number of hydrogen-bond donors (Lipinski definition) is 0. The van der Waals surface area contributed by atoms with Gasteiger partial charge in [-0.3, -0.25) is 4.18 Å². The lowest BCUT2D eigenvalue weighted by atomic mass is 10.1. The van der Waals surface area contributed by atoms with Crippen LogP contribution in [0.2, 0.25) is 0 Å². The van der Waals surface area contributed by atoms with E-state index in [9.17, 15) is 8.42 Å². The summed E-state index contributed by atoms with van der Waals surface area (Å²) in [7, 11) is -3.77. The van der Waals surface area contributed by atoms with Crippen molar-refractivity contribution < 1.29 is 22.1 Å². The van der Waals surface area contributed by atoms with Crippen LogP contribution in [0.4, 0.5) is 0 Å². The highest BCUT2D eigenvalue weighted by molar-refractivity contribution is 7.86. The van der Waals surface area contributed by atoms with Crippen molar-refractivity contribution in [2.45, 2.75) is 64.1 Å². The molecule has 0 aliphatic heterocycles. The topological polar surface area (TPSA) is 61.8 Å². The van der Waals surface area contributed by atoms with Gasteiger partial charge in [0.15, 0.2) is 0 Å². The van der Waals surface area contributed by atoms with Crippen LogP contribution < -0.4 is 9.47 Å². The number of aryl methyl sites for hydroxylation is 1. The van der Waals surface area contributed by atoms with E-state index in [4.69, 9.17) is 13.7 Å². The second-order valence-electron chi connectivity index (χ2n) is 8.39. The van der Waals surface area contributed by atoms with Gasteiger partial charge in [0.05, 0.1) is 11.5 Å². The van der Waals surface area contributed by atoms with Gasteiger partial charge in [-0.1, -0.05) is 17.7 Å². The van der Waals surface area contributed by atoms with Gasteiger partial charge in [-0.05, 0) is 77.9 Å². The molecule has 0 aliphatic carbocycles. The Morgan fingerprint density at radius 3 is 1.79 bits per heavy atom. The minimum atomic E-state index is -3.77. The Hall–Kier alpha value is -2.05. The third kappa shape index (κ3) is 7.17. The molecule has 0 N–H and O–H groups in total. The number of benzene rings is 2. The minimum absolute atomic E-state index is 0.0361. The molecule has 0 aromatic heterocycles. The number of rotatable bonds is 8. The first-order chi connectivity index (χ1) is 12.9. The SMILES string of the molecule is Cc1ccc(S(=O)(=O)OCCC(C)(C)Oc2ccc(OC(C)(C)C)cc2)cc1. The van der Waals surface area contributed by atoms with Crippen LogP contribution in [0.25, 0.3) is 0 Å². The molecule has 0 bridgehead atoms. The van der Waals surface area contributed by atoms with Gasteiger partial charge in [0.25, 0.3) is 10.1 Å². The molecule has 0 aliphatic rings. The van der Waals surface area contributed by atoms with Crippen molar-refractivity contribution in [3.8, 4) is 11.5 Å². The van der Waals surface area contributed by atoms with Gasteiger partial charge in [-0.15, -0.1) is 0 Å². The smallest absolute Gasteiger partial charge is 0.296 e. The highest BCUT2D eigenvalue weighted by atomic mass is 32.2. The van der Waals surface area contributed by atoms with Gasteiger partial charge in [0, 0.05) is 6.42 Å². The Labute approximate surface area is 168 Å². The predicted molar refractivity (Wildman–Crippen MR) is 110 cm³/mol. The fraction of sp³-hybridized carbons (Fsp3) is 0.455. The van der Waals surface area contributed by atoms with E-state index >= 15 is 0 Å². The maximum Gasteiger partial charge on any atom is 0.296 e. The molecule has 28 heavy (non-hydrogen) atoms. The summed E-state index contributed by atoms with van der Waals surface area (Å²) >= 11 is 0. The molecule has 2 aromatic rings. The van der Waals surface area contributed by atoms with E-state index in [0.717, 1.165) is 11.3 Å². The van der Waals surface area contributed by atoms with E-state index in [1.54, 1.807) is 24.3 Å². The highest BCUT2D eigenvalue weighted by Crippen LogP contribution is 2.26. The van der Waals surface area contributed by atoms with Gasteiger partial charge in [0.2, 0.25) is 0 Å². The summed E-state index contributed by atoms with van der Waals surface area (Å²) in [4.78, 5) is 0.159. The van der Waals surface area contributed by atoms with Crippen LogP contribution in [-0.4, -0.2) is 26.2 Å². The Balaban J connectivity index is 1.90. The lowest BCUT2D eigenvalue weighted by molar-refractivity contribution is 0.0817. The molecule has 2 rings (SSSR count). The van der Waals surface area contributed by atoms with Crippen LogP contribution in [0.3, 0.4) is 0 Å². The van der Waals surface area contributed by atoms with Gasteiger partial charge in [0.1, 0.15) is 22.7 Å². The first-order valence-electron chi connectivity index (χ1n) is 9.31. The van der Waals surface area contributed by atoms with E-state index in [2.05, 4.69) is 0 Å². The maximum absolute atomic E-state index is 12.3. The lowest BCUT2D eigenvalue weighted by Gasteiger charge is -2.27. The van der Waals surface area contributed by atoms with Crippen molar-refractivity contribution in [1.82, 2.24) is 0 Å². The first kappa shape index (κ1) is 22.2. The molecule has 0 saturated carbocycles. The van der Waals surface area contributed by atoms with Crippen molar-refractivity contribution in [2.75, 3.05) is 6.61 Å². The summed E-state index contributed by atoms with van der Waals surface area (Å²) in [5.41, 5.74) is 0.143. The molecule has 0 spiro atoms. The average Bonchev–Trinajstić information content (AvgIpc) is 2.55. The third-order valence-electron chi connectivity index (χ3n) is 3.89. The van der Waals surface area contributed by atoms with Crippen molar-refractivity contribution in [1.29, 1.82) is 0 Å². The summed E-state index contributed by atoms with van der Waals surface area (Å²) in [5.74, 6) is 1.46. The van der Waals surface area contributed by atoms with E-state index in [1.165, 1.54) is 0 Å². The van der Waals surface area contributed by atoms with Crippen molar-refractivity contribution in [3.63, 3.8) is 0 Å². The molecule has 6 heteroatoms. The Kier molecular flexibility index (Phi) is 6.78. The zero-order valence-electron chi connectivity index (χ0n) is 17.5. The van der Waals surface area contributed by atoms with Gasteiger partial charge in [-0.2, -0.15) is 8.42 Å². The van der Waals surface area contributed by atoms with Crippen LogP contribution in [0, 0.1) is 6.92 Å². The summed E-state index contributed by atoms with van der Waals surface area (Å²) in [6.45, 7) is 11.7. The third-order valence-corrected chi connectivity index (χ3v) is 5.22. The zero-order valence-corrected chi connectivity index (χ0v) is 18.3. The van der Waals surface area contributed by atoms with Crippen molar-refractivity contribution >= 4 is 10.1 Å². The van der Waals surface area contributed by atoms with Crippen LogP contribution in [0.5, 0.6) is 11.5 Å². The van der Waals surface area contributed by atoms with E-state index < -0.39 is 15.7 Å². The Morgan fingerprint density at radius 1 is 0.786 bits per heavy atom. The highest BCUT2D eigenvalue weighted by Gasteiger charge is 2.23. The normalized spacial score (nSPS) is 12.6. The molecule has 5 nitrogen and oxygen atoms in total. The summed E-state index contributed by atoms with van der Waals surface area (Å²) in [6.07, 6.45) is 0.415. The molecular formula is C22H30O5S. The van der Waals surface area contributed by atoms with Crippen LogP contribution in [0.1, 0.15) is 46.6 Å². The fourth-order valence-corrected chi connectivity index (χ4v) is 3.38. The molecule has 154 valence electrons. The van der Waals surface area contributed by atoms with Crippen LogP contribution in [0.15, 0.2) is 53.4 Å².